The van der Waals surface area contributed by atoms with Gasteiger partial charge in [0.05, 0.1) is 5.52 Å². The van der Waals surface area contributed by atoms with Gasteiger partial charge in [0, 0.05) is 10.9 Å². The van der Waals surface area contributed by atoms with Crippen LogP contribution < -0.4 is 19.5 Å². The molecule has 0 unspecified atom stereocenters. The second kappa shape index (κ2) is 7.20. The van der Waals surface area contributed by atoms with E-state index in [9.17, 15) is 4.79 Å². The lowest BCUT2D eigenvalue weighted by Crippen LogP contribution is -2.12. The van der Waals surface area contributed by atoms with Crippen molar-refractivity contribution in [2.75, 3.05) is 12.1 Å². The van der Waals surface area contributed by atoms with Crippen LogP contribution in [-0.2, 0) is 6.61 Å². The minimum Gasteiger partial charge on any atom is -0.489 e. The summed E-state index contributed by atoms with van der Waals surface area (Å²) in [5.74, 6) is 2.04. The average molecular weight is 387 g/mol. The number of amides is 1. The number of carbonyl (C=O) groups excluding carboxylic acids is 1. The third-order valence-electron chi connectivity index (χ3n) is 4.65. The highest BCUT2D eigenvalue weighted by Crippen LogP contribution is 2.33. The molecule has 5 rings (SSSR count). The Bertz CT molecular complexity index is 1190. The fourth-order valence-corrected chi connectivity index (χ4v) is 3.14. The maximum absolute atomic E-state index is 12.7. The van der Waals surface area contributed by atoms with Crippen molar-refractivity contribution in [3.05, 3.63) is 77.9 Å². The quantitative estimate of drug-likeness (QED) is 0.538. The van der Waals surface area contributed by atoms with Gasteiger partial charge in [-0.25, -0.2) is 0 Å². The number of nitrogens with zero attached hydrogens (tertiary/aromatic N) is 1. The monoisotopic (exact) mass is 387 g/mol. The second-order valence-electron chi connectivity index (χ2n) is 6.58. The highest BCUT2D eigenvalue weighted by Gasteiger charge is 2.17. The summed E-state index contributed by atoms with van der Waals surface area (Å²) in [6.07, 6.45) is 0. The summed E-state index contributed by atoms with van der Waals surface area (Å²) in [4.78, 5) is 12.7. The second-order valence-corrected chi connectivity index (χ2v) is 6.58. The van der Waals surface area contributed by atoms with Crippen molar-refractivity contribution in [3.8, 4) is 17.2 Å². The van der Waals surface area contributed by atoms with E-state index >= 15 is 0 Å². The summed E-state index contributed by atoms with van der Waals surface area (Å²) in [5.41, 5.74) is 2.34. The smallest absolute Gasteiger partial charge is 0.257 e. The van der Waals surface area contributed by atoms with Crippen molar-refractivity contribution in [2.24, 2.45) is 0 Å². The van der Waals surface area contributed by atoms with E-state index in [2.05, 4.69) is 15.5 Å². The molecule has 4 aromatic rings. The molecule has 7 nitrogen and oxygen atoms in total. The zero-order valence-corrected chi connectivity index (χ0v) is 15.3. The van der Waals surface area contributed by atoms with Gasteiger partial charge < -0.3 is 19.5 Å². The third-order valence-corrected chi connectivity index (χ3v) is 4.65. The molecule has 0 saturated carbocycles. The normalized spacial score (nSPS) is 12.1. The van der Waals surface area contributed by atoms with Gasteiger partial charge >= 0.3 is 0 Å². The van der Waals surface area contributed by atoms with Gasteiger partial charge in [0.25, 0.3) is 5.91 Å². The molecule has 3 aromatic carbocycles. The molecule has 1 aliphatic heterocycles. The minimum atomic E-state index is -0.285. The number of ether oxygens (including phenoxy) is 3. The number of anilines is 1. The van der Waals surface area contributed by atoms with E-state index in [1.807, 2.05) is 48.5 Å². The number of hydrogen-bond donors (Lipinski definition) is 2. The molecule has 0 bridgehead atoms. The molecule has 0 spiro atoms. The van der Waals surface area contributed by atoms with Crippen molar-refractivity contribution in [2.45, 2.75) is 6.61 Å². The number of rotatable bonds is 5. The first-order valence-electron chi connectivity index (χ1n) is 9.12. The Kier molecular flexibility index (Phi) is 4.25. The Morgan fingerprint density at radius 2 is 1.90 bits per heavy atom. The molecule has 1 amide bonds. The number of nitrogens with one attached hydrogen (secondary N) is 2. The standard InChI is InChI=1S/C22H17N3O4/c26-22(15-6-9-19-20(10-15)29-13-28-19)23-21-17-11-16(7-8-18(17)24-25-21)27-12-14-4-2-1-3-5-14/h1-11H,12-13H2,(H2,23,24,25,26). The maximum atomic E-state index is 12.7. The number of aromatic amines is 1. The Morgan fingerprint density at radius 3 is 2.79 bits per heavy atom. The van der Waals surface area contributed by atoms with Crippen LogP contribution in [0.1, 0.15) is 15.9 Å². The van der Waals surface area contributed by atoms with Gasteiger partial charge in [-0.05, 0) is 42.0 Å². The Morgan fingerprint density at radius 1 is 1.03 bits per heavy atom. The van der Waals surface area contributed by atoms with Gasteiger partial charge in [-0.3, -0.25) is 9.89 Å². The van der Waals surface area contributed by atoms with Crippen LogP contribution in [0.2, 0.25) is 0 Å². The summed E-state index contributed by atoms with van der Waals surface area (Å²) in [6.45, 7) is 0.624. The zero-order chi connectivity index (χ0) is 19.6. The highest BCUT2D eigenvalue weighted by atomic mass is 16.7. The van der Waals surface area contributed by atoms with Crippen molar-refractivity contribution in [3.63, 3.8) is 0 Å². The first-order valence-corrected chi connectivity index (χ1v) is 9.12. The topological polar surface area (TPSA) is 85.5 Å². The van der Waals surface area contributed by atoms with Crippen LogP contribution in [0.5, 0.6) is 17.2 Å². The highest BCUT2D eigenvalue weighted by molar-refractivity contribution is 6.08. The predicted molar refractivity (Wildman–Crippen MR) is 107 cm³/mol. The number of benzene rings is 3. The molecule has 2 N–H and O–H groups in total. The Hall–Kier alpha value is -4.00. The van der Waals surface area contributed by atoms with Gasteiger partial charge in [-0.1, -0.05) is 30.3 Å². The van der Waals surface area contributed by atoms with E-state index in [4.69, 9.17) is 14.2 Å². The van der Waals surface area contributed by atoms with Gasteiger partial charge in [-0.15, -0.1) is 0 Å². The number of fused-ring (bicyclic) bond motifs is 2. The van der Waals surface area contributed by atoms with Crippen LogP contribution in [-0.4, -0.2) is 22.9 Å². The molecule has 1 aliphatic rings. The largest absolute Gasteiger partial charge is 0.489 e. The summed E-state index contributed by atoms with van der Waals surface area (Å²) >= 11 is 0. The van der Waals surface area contributed by atoms with E-state index in [1.54, 1.807) is 18.2 Å². The molecule has 7 heteroatoms. The lowest BCUT2D eigenvalue weighted by Gasteiger charge is -2.07. The number of H-pyrrole nitrogens is 1. The average Bonchev–Trinajstić information content (AvgIpc) is 3.39. The predicted octanol–water partition coefficient (Wildman–Crippen LogP) is 4.12. The Balaban J connectivity index is 1.35. The van der Waals surface area contributed by atoms with Gasteiger partial charge in [0.1, 0.15) is 12.4 Å². The van der Waals surface area contributed by atoms with E-state index in [0.29, 0.717) is 35.2 Å². The van der Waals surface area contributed by atoms with Crippen molar-refractivity contribution in [1.29, 1.82) is 0 Å². The SMILES string of the molecule is O=C(Nc1n[nH]c2ccc(OCc3ccccc3)cc12)c1ccc2c(c1)OCO2. The molecule has 0 saturated heterocycles. The molecule has 2 heterocycles. The minimum absolute atomic E-state index is 0.163. The molecule has 0 aliphatic carbocycles. The van der Waals surface area contributed by atoms with E-state index < -0.39 is 0 Å². The van der Waals surface area contributed by atoms with Gasteiger partial charge in [0.15, 0.2) is 17.3 Å². The lowest BCUT2D eigenvalue weighted by molar-refractivity contribution is 0.102. The zero-order valence-electron chi connectivity index (χ0n) is 15.3. The molecule has 1 aromatic heterocycles. The molecule has 144 valence electrons. The van der Waals surface area contributed by atoms with E-state index in [1.165, 1.54) is 0 Å². The van der Waals surface area contributed by atoms with Crippen molar-refractivity contribution < 1.29 is 19.0 Å². The van der Waals surface area contributed by atoms with E-state index in [0.717, 1.165) is 16.5 Å². The number of carbonyl (C=O) groups is 1. The van der Waals surface area contributed by atoms with Crippen LogP contribution >= 0.6 is 0 Å². The first-order chi connectivity index (χ1) is 14.3. The molecule has 0 radical (unpaired) electrons. The van der Waals surface area contributed by atoms with Gasteiger partial charge in [-0.2, -0.15) is 5.10 Å². The summed E-state index contributed by atoms with van der Waals surface area (Å²) < 4.78 is 16.5. The van der Waals surface area contributed by atoms with E-state index in [-0.39, 0.29) is 12.7 Å². The summed E-state index contributed by atoms with van der Waals surface area (Å²) in [5, 5.41) is 10.8. The summed E-state index contributed by atoms with van der Waals surface area (Å²) in [7, 11) is 0. The molecular weight excluding hydrogens is 370 g/mol. The van der Waals surface area contributed by atoms with Gasteiger partial charge in [0.2, 0.25) is 6.79 Å². The Labute approximate surface area is 166 Å². The van der Waals surface area contributed by atoms with Crippen LogP contribution in [0.15, 0.2) is 66.7 Å². The molecular formula is C22H17N3O4. The number of hydrogen-bond acceptors (Lipinski definition) is 5. The first kappa shape index (κ1) is 17.1. The number of aromatic nitrogens is 2. The fraction of sp³-hybridized carbons (Fsp3) is 0.0909. The molecule has 0 fully saturated rings. The van der Waals surface area contributed by atoms with Crippen LogP contribution in [0.25, 0.3) is 10.9 Å². The van der Waals surface area contributed by atoms with Crippen molar-refractivity contribution >= 4 is 22.6 Å². The molecule has 29 heavy (non-hydrogen) atoms. The fourth-order valence-electron chi connectivity index (χ4n) is 3.14. The van der Waals surface area contributed by atoms with Crippen molar-refractivity contribution in [1.82, 2.24) is 10.2 Å². The van der Waals surface area contributed by atoms with Crippen LogP contribution in [0.3, 0.4) is 0 Å². The van der Waals surface area contributed by atoms with Crippen LogP contribution in [0.4, 0.5) is 5.82 Å². The van der Waals surface area contributed by atoms with Crippen LogP contribution in [0, 0.1) is 0 Å². The maximum Gasteiger partial charge on any atom is 0.257 e. The molecule has 0 atom stereocenters. The summed E-state index contributed by atoms with van der Waals surface area (Å²) in [6, 6.07) is 20.6. The third kappa shape index (κ3) is 3.45. The lowest BCUT2D eigenvalue weighted by atomic mass is 10.2.